The fraction of sp³-hybridized carbons (Fsp3) is 0.250. The average Bonchev–Trinajstić information content (AvgIpc) is 2.65. The number of pyridine rings is 1. The van der Waals surface area contributed by atoms with E-state index in [4.69, 9.17) is 4.74 Å². The van der Waals surface area contributed by atoms with Crippen LogP contribution in [-0.4, -0.2) is 17.7 Å². The summed E-state index contributed by atoms with van der Waals surface area (Å²) in [6.07, 6.45) is -2.54. The number of anilines is 2. The van der Waals surface area contributed by atoms with Crippen LogP contribution < -0.4 is 15.2 Å². The van der Waals surface area contributed by atoms with Gasteiger partial charge < -0.3 is 14.2 Å². The van der Waals surface area contributed by atoms with Gasteiger partial charge in [-0.1, -0.05) is 6.07 Å². The number of nitrogens with zero attached hydrogens (tertiary/aromatic N) is 2. The van der Waals surface area contributed by atoms with E-state index in [9.17, 15) is 13.6 Å². The van der Waals surface area contributed by atoms with Crippen LogP contribution in [0.15, 0.2) is 47.3 Å². The van der Waals surface area contributed by atoms with Gasteiger partial charge in [-0.2, -0.15) is 0 Å². The molecule has 0 radical (unpaired) electrons. The molecule has 26 heavy (non-hydrogen) atoms. The zero-order chi connectivity index (χ0) is 18.4. The van der Waals surface area contributed by atoms with Crippen LogP contribution in [0.4, 0.5) is 20.2 Å². The van der Waals surface area contributed by atoms with E-state index in [-0.39, 0.29) is 11.1 Å². The Hall–Kier alpha value is -2.89. The third kappa shape index (κ3) is 2.53. The predicted octanol–water partition coefficient (Wildman–Crippen LogP) is 4.32. The maximum Gasteiger partial charge on any atom is 0.263 e. The molecule has 0 aliphatic carbocycles. The zero-order valence-corrected chi connectivity index (χ0v) is 14.5. The molecule has 0 atom stereocenters. The average molecular weight is 356 g/mol. The van der Waals surface area contributed by atoms with Gasteiger partial charge in [0.2, 0.25) is 0 Å². The lowest BCUT2D eigenvalue weighted by Crippen LogP contribution is -2.29. The van der Waals surface area contributed by atoms with Gasteiger partial charge in [-0.05, 0) is 43.3 Å². The number of aryl methyl sites for hydroxylation is 2. The predicted molar refractivity (Wildman–Crippen MR) is 97.8 cm³/mol. The van der Waals surface area contributed by atoms with Gasteiger partial charge in [0.25, 0.3) is 12.0 Å². The quantitative estimate of drug-likeness (QED) is 0.686. The summed E-state index contributed by atoms with van der Waals surface area (Å²) < 4.78 is 33.6. The molecule has 2 heterocycles. The minimum Gasteiger partial charge on any atom is -0.490 e. The van der Waals surface area contributed by atoms with Gasteiger partial charge in [-0.15, -0.1) is 0 Å². The third-order valence-electron chi connectivity index (χ3n) is 4.81. The molecule has 4 nitrogen and oxygen atoms in total. The zero-order valence-electron chi connectivity index (χ0n) is 14.5. The molecule has 2 aromatic carbocycles. The minimum atomic E-state index is -2.54. The van der Waals surface area contributed by atoms with Gasteiger partial charge in [0.1, 0.15) is 12.4 Å². The lowest BCUT2D eigenvalue weighted by Gasteiger charge is -2.32. The first kappa shape index (κ1) is 16.6. The summed E-state index contributed by atoms with van der Waals surface area (Å²) in [5.74, 6) is 0.583. The number of ether oxygens (including phenoxy) is 1. The molecule has 3 aromatic rings. The van der Waals surface area contributed by atoms with Gasteiger partial charge >= 0.3 is 0 Å². The lowest BCUT2D eigenvalue weighted by atomic mass is 10.1. The van der Waals surface area contributed by atoms with Crippen LogP contribution >= 0.6 is 0 Å². The minimum absolute atomic E-state index is 0.0388. The van der Waals surface area contributed by atoms with Crippen LogP contribution in [0.3, 0.4) is 0 Å². The molecule has 1 aromatic heterocycles. The van der Waals surface area contributed by atoms with Crippen molar-refractivity contribution in [3.63, 3.8) is 0 Å². The van der Waals surface area contributed by atoms with Gasteiger partial charge in [-0.25, -0.2) is 8.78 Å². The van der Waals surface area contributed by atoms with E-state index >= 15 is 0 Å². The molecule has 0 saturated heterocycles. The van der Waals surface area contributed by atoms with Crippen LogP contribution in [-0.2, 0) is 7.05 Å². The first-order valence-corrected chi connectivity index (χ1v) is 8.39. The van der Waals surface area contributed by atoms with Crippen molar-refractivity contribution in [2.45, 2.75) is 13.3 Å². The molecule has 4 rings (SSSR count). The smallest absolute Gasteiger partial charge is 0.263 e. The highest BCUT2D eigenvalue weighted by atomic mass is 19.3. The van der Waals surface area contributed by atoms with Crippen molar-refractivity contribution >= 4 is 22.3 Å². The van der Waals surface area contributed by atoms with Crippen molar-refractivity contribution in [1.29, 1.82) is 0 Å². The van der Waals surface area contributed by atoms with Crippen LogP contribution in [0.25, 0.3) is 10.9 Å². The summed E-state index contributed by atoms with van der Waals surface area (Å²) in [4.78, 5) is 14.2. The van der Waals surface area contributed by atoms with E-state index in [1.54, 1.807) is 24.6 Å². The van der Waals surface area contributed by atoms with E-state index < -0.39 is 6.43 Å². The summed E-state index contributed by atoms with van der Waals surface area (Å²) in [5.41, 5.74) is 2.85. The van der Waals surface area contributed by atoms with Crippen LogP contribution in [0, 0.1) is 6.92 Å². The molecule has 1 aliphatic rings. The summed E-state index contributed by atoms with van der Waals surface area (Å²) in [5, 5.41) is 0.905. The summed E-state index contributed by atoms with van der Waals surface area (Å²) in [7, 11) is 1.74. The highest BCUT2D eigenvalue weighted by Crippen LogP contribution is 2.41. The number of hydrogen-bond acceptors (Lipinski definition) is 3. The van der Waals surface area contributed by atoms with Crippen molar-refractivity contribution in [1.82, 2.24) is 4.57 Å². The second-order valence-corrected chi connectivity index (χ2v) is 6.43. The number of hydrogen-bond donors (Lipinski definition) is 0. The highest BCUT2D eigenvalue weighted by Gasteiger charge is 2.23. The van der Waals surface area contributed by atoms with E-state index in [0.29, 0.717) is 30.2 Å². The molecule has 134 valence electrons. The van der Waals surface area contributed by atoms with Gasteiger partial charge in [0.15, 0.2) is 0 Å². The maximum absolute atomic E-state index is 13.2. The fourth-order valence-corrected chi connectivity index (χ4v) is 3.49. The van der Waals surface area contributed by atoms with E-state index in [1.165, 1.54) is 12.1 Å². The van der Waals surface area contributed by atoms with Crippen molar-refractivity contribution in [3.05, 3.63) is 63.9 Å². The van der Waals surface area contributed by atoms with Crippen molar-refractivity contribution in [3.8, 4) is 5.75 Å². The first-order valence-electron chi connectivity index (χ1n) is 8.39. The molecular formula is C20H18F2N2O2. The maximum atomic E-state index is 13.2. The molecule has 0 spiro atoms. The molecular weight excluding hydrogens is 338 g/mol. The SMILES string of the molecule is Cc1cc2c(N3CCOc4ccc(C(F)F)cc43)cccc2n(C)c1=O. The molecule has 0 unspecified atom stereocenters. The summed E-state index contributed by atoms with van der Waals surface area (Å²) in [6, 6.07) is 12.0. The van der Waals surface area contributed by atoms with Crippen LogP contribution in [0.1, 0.15) is 17.6 Å². The molecule has 0 N–H and O–H groups in total. The fourth-order valence-electron chi connectivity index (χ4n) is 3.49. The molecule has 0 fully saturated rings. The number of halogens is 2. The second kappa shape index (κ2) is 6.12. The van der Waals surface area contributed by atoms with E-state index in [0.717, 1.165) is 16.6 Å². The summed E-state index contributed by atoms with van der Waals surface area (Å²) in [6.45, 7) is 2.78. The van der Waals surface area contributed by atoms with Crippen LogP contribution in [0.2, 0.25) is 0 Å². The monoisotopic (exact) mass is 356 g/mol. The topological polar surface area (TPSA) is 34.5 Å². The Bertz CT molecular complexity index is 1060. The Labute approximate surface area is 149 Å². The van der Waals surface area contributed by atoms with Crippen molar-refractivity contribution in [2.75, 3.05) is 18.1 Å². The van der Waals surface area contributed by atoms with E-state index in [1.807, 2.05) is 29.2 Å². The molecule has 1 aliphatic heterocycles. The number of aromatic nitrogens is 1. The molecule has 0 saturated carbocycles. The Morgan fingerprint density at radius 2 is 1.92 bits per heavy atom. The molecule has 0 amide bonds. The van der Waals surface area contributed by atoms with E-state index in [2.05, 4.69) is 0 Å². The molecule has 6 heteroatoms. The normalized spacial score (nSPS) is 13.8. The molecule has 0 bridgehead atoms. The van der Waals surface area contributed by atoms with Crippen molar-refractivity contribution < 1.29 is 13.5 Å². The van der Waals surface area contributed by atoms with Crippen LogP contribution in [0.5, 0.6) is 5.75 Å². The number of fused-ring (bicyclic) bond motifs is 2. The lowest BCUT2D eigenvalue weighted by molar-refractivity contribution is 0.151. The Morgan fingerprint density at radius 1 is 1.12 bits per heavy atom. The second-order valence-electron chi connectivity index (χ2n) is 6.43. The summed E-state index contributed by atoms with van der Waals surface area (Å²) >= 11 is 0. The highest BCUT2D eigenvalue weighted by molar-refractivity contribution is 5.95. The number of rotatable bonds is 2. The van der Waals surface area contributed by atoms with Gasteiger partial charge in [-0.3, -0.25) is 4.79 Å². The Balaban J connectivity index is 1.95. The standard InChI is InChI=1S/C20H18F2N2O2/c1-12-10-14-15(23(2)20(12)25)4-3-5-16(14)24-8-9-26-18-7-6-13(19(21)22)11-17(18)24/h3-7,10-11,19H,8-9H2,1-2H3. The Kier molecular flexibility index (Phi) is 3.90. The first-order chi connectivity index (χ1) is 12.5. The third-order valence-corrected chi connectivity index (χ3v) is 4.81. The Morgan fingerprint density at radius 3 is 2.69 bits per heavy atom. The van der Waals surface area contributed by atoms with Gasteiger partial charge in [0.05, 0.1) is 23.4 Å². The van der Waals surface area contributed by atoms with Crippen molar-refractivity contribution in [2.24, 2.45) is 7.05 Å². The number of benzene rings is 2. The van der Waals surface area contributed by atoms with Gasteiger partial charge in [0, 0.05) is 23.6 Å². The number of alkyl halides is 2. The largest absolute Gasteiger partial charge is 0.490 e.